The van der Waals surface area contributed by atoms with Gasteiger partial charge in [-0.2, -0.15) is 0 Å². The molecule has 0 aliphatic rings. The Morgan fingerprint density at radius 2 is 2.06 bits per heavy atom. The molecule has 2 heterocycles. The summed E-state index contributed by atoms with van der Waals surface area (Å²) in [5.74, 6) is 0. The maximum absolute atomic E-state index is 3.25. The van der Waals surface area contributed by atoms with Gasteiger partial charge >= 0.3 is 0 Å². The molecule has 1 aromatic carbocycles. The predicted molar refractivity (Wildman–Crippen MR) is 78.1 cm³/mol. The summed E-state index contributed by atoms with van der Waals surface area (Å²) in [5, 5.41) is 6.70. The third-order valence-corrected chi connectivity index (χ3v) is 4.01. The van der Waals surface area contributed by atoms with E-state index in [1.54, 1.807) is 0 Å². The fourth-order valence-corrected chi connectivity index (χ4v) is 3.03. The summed E-state index contributed by atoms with van der Waals surface area (Å²) in [4.78, 5) is 1.40. The molecule has 92 valence electrons. The van der Waals surface area contributed by atoms with E-state index in [1.807, 2.05) is 18.4 Å². The number of nitrogens with one attached hydrogen (secondary N) is 1. The van der Waals surface area contributed by atoms with Crippen LogP contribution in [0.15, 0.2) is 47.8 Å². The molecule has 3 heteroatoms. The molecule has 2 aromatic heterocycles. The average Bonchev–Trinajstić information content (AvgIpc) is 3.00. The molecule has 0 aliphatic heterocycles. The van der Waals surface area contributed by atoms with E-state index in [2.05, 4.69) is 57.7 Å². The number of benzene rings is 1. The molecule has 0 saturated heterocycles. The first-order valence-electron chi connectivity index (χ1n) is 6.12. The largest absolute Gasteiger partial charge is 0.338 e. The van der Waals surface area contributed by atoms with Crippen molar-refractivity contribution in [2.24, 2.45) is 0 Å². The van der Waals surface area contributed by atoms with Crippen molar-refractivity contribution in [2.45, 2.75) is 13.1 Å². The van der Waals surface area contributed by atoms with Crippen LogP contribution < -0.4 is 5.32 Å². The third kappa shape index (κ3) is 2.07. The molecule has 0 saturated carbocycles. The molecule has 18 heavy (non-hydrogen) atoms. The zero-order chi connectivity index (χ0) is 12.4. The molecule has 0 fully saturated rings. The van der Waals surface area contributed by atoms with E-state index >= 15 is 0 Å². The molecule has 3 rings (SSSR count). The second-order valence-corrected chi connectivity index (χ2v) is 5.42. The Bertz CT molecular complexity index is 638. The van der Waals surface area contributed by atoms with Gasteiger partial charge in [0, 0.05) is 22.6 Å². The summed E-state index contributed by atoms with van der Waals surface area (Å²) < 4.78 is 2.40. The van der Waals surface area contributed by atoms with Crippen molar-refractivity contribution in [3.05, 3.63) is 58.4 Å². The van der Waals surface area contributed by atoms with Crippen LogP contribution in [0.2, 0.25) is 0 Å². The van der Waals surface area contributed by atoms with E-state index in [1.165, 1.54) is 21.5 Å². The summed E-state index contributed by atoms with van der Waals surface area (Å²) in [7, 11) is 1.99. The van der Waals surface area contributed by atoms with Crippen molar-refractivity contribution in [2.75, 3.05) is 7.05 Å². The van der Waals surface area contributed by atoms with E-state index in [4.69, 9.17) is 0 Å². The number of nitrogens with zero attached hydrogens (tertiary/aromatic N) is 1. The Balaban J connectivity index is 2.09. The van der Waals surface area contributed by atoms with Crippen LogP contribution in [0, 0.1) is 0 Å². The molecule has 0 aliphatic carbocycles. The van der Waals surface area contributed by atoms with Crippen LogP contribution in [0.5, 0.6) is 0 Å². The lowest BCUT2D eigenvalue weighted by molar-refractivity contribution is 0.713. The third-order valence-electron chi connectivity index (χ3n) is 3.15. The summed E-state index contributed by atoms with van der Waals surface area (Å²) in [6, 6.07) is 15.2. The number of hydrogen-bond donors (Lipinski definition) is 1. The maximum atomic E-state index is 3.25. The molecule has 0 radical (unpaired) electrons. The first-order valence-corrected chi connectivity index (χ1v) is 7.00. The minimum absolute atomic E-state index is 0.903. The van der Waals surface area contributed by atoms with Gasteiger partial charge in [0.25, 0.3) is 0 Å². The second-order valence-electron chi connectivity index (χ2n) is 4.39. The molecular formula is C15H16N2S. The smallest absolute Gasteiger partial charge is 0.0572 e. The van der Waals surface area contributed by atoms with Crippen molar-refractivity contribution >= 4 is 22.2 Å². The number of para-hydroxylation sites is 1. The molecule has 2 nitrogen and oxygen atoms in total. The number of thiophene rings is 1. The molecule has 0 bridgehead atoms. The normalized spacial score (nSPS) is 11.2. The van der Waals surface area contributed by atoms with Crippen molar-refractivity contribution < 1.29 is 0 Å². The van der Waals surface area contributed by atoms with Gasteiger partial charge in [0.15, 0.2) is 0 Å². The SMILES string of the molecule is CNCc1cc2ccccc2n1Cc1cccs1. The van der Waals surface area contributed by atoms with Crippen LogP contribution in [0.25, 0.3) is 10.9 Å². The highest BCUT2D eigenvalue weighted by Crippen LogP contribution is 2.22. The zero-order valence-electron chi connectivity index (χ0n) is 10.4. The number of hydrogen-bond acceptors (Lipinski definition) is 2. The molecule has 1 N–H and O–H groups in total. The van der Waals surface area contributed by atoms with Crippen LogP contribution in [0.1, 0.15) is 10.6 Å². The van der Waals surface area contributed by atoms with Crippen LogP contribution >= 0.6 is 11.3 Å². The fourth-order valence-electron chi connectivity index (χ4n) is 2.34. The highest BCUT2D eigenvalue weighted by Gasteiger charge is 2.08. The van der Waals surface area contributed by atoms with Crippen molar-refractivity contribution in [1.29, 1.82) is 0 Å². The van der Waals surface area contributed by atoms with Gasteiger partial charge in [0.05, 0.1) is 6.54 Å². The Kier molecular flexibility index (Phi) is 3.17. The van der Waals surface area contributed by atoms with Gasteiger partial charge in [0.1, 0.15) is 0 Å². The number of fused-ring (bicyclic) bond motifs is 1. The van der Waals surface area contributed by atoms with Gasteiger partial charge in [-0.25, -0.2) is 0 Å². The average molecular weight is 256 g/mol. The van der Waals surface area contributed by atoms with Crippen LogP contribution in [-0.2, 0) is 13.1 Å². The van der Waals surface area contributed by atoms with Crippen molar-refractivity contribution in [3.63, 3.8) is 0 Å². The van der Waals surface area contributed by atoms with E-state index in [0.29, 0.717) is 0 Å². The Hall–Kier alpha value is -1.58. The molecule has 0 unspecified atom stereocenters. The Morgan fingerprint density at radius 1 is 1.17 bits per heavy atom. The minimum Gasteiger partial charge on any atom is -0.338 e. The van der Waals surface area contributed by atoms with Crippen molar-refractivity contribution in [1.82, 2.24) is 9.88 Å². The predicted octanol–water partition coefficient (Wildman–Crippen LogP) is 3.47. The van der Waals surface area contributed by atoms with Gasteiger partial charge in [-0.3, -0.25) is 0 Å². The standard InChI is InChI=1S/C15H16N2S/c1-16-10-13-9-12-5-2-3-7-15(12)17(13)11-14-6-4-8-18-14/h2-9,16H,10-11H2,1H3. The van der Waals surface area contributed by atoms with Crippen LogP contribution in [0.3, 0.4) is 0 Å². The molecule has 0 atom stereocenters. The molecule has 0 amide bonds. The number of aromatic nitrogens is 1. The summed E-state index contributed by atoms with van der Waals surface area (Å²) in [6.45, 7) is 1.86. The molecule has 0 spiro atoms. The van der Waals surface area contributed by atoms with E-state index in [0.717, 1.165) is 13.1 Å². The van der Waals surface area contributed by atoms with Crippen LogP contribution in [-0.4, -0.2) is 11.6 Å². The highest BCUT2D eigenvalue weighted by atomic mass is 32.1. The summed E-state index contributed by atoms with van der Waals surface area (Å²) >= 11 is 1.82. The lowest BCUT2D eigenvalue weighted by Gasteiger charge is -2.09. The summed E-state index contributed by atoms with van der Waals surface area (Å²) in [5.41, 5.74) is 2.66. The van der Waals surface area contributed by atoms with Gasteiger partial charge in [-0.15, -0.1) is 11.3 Å². The highest BCUT2D eigenvalue weighted by molar-refractivity contribution is 7.09. The Labute approximate surface area is 111 Å². The van der Waals surface area contributed by atoms with E-state index in [9.17, 15) is 0 Å². The first-order chi connectivity index (χ1) is 8.88. The fraction of sp³-hybridized carbons (Fsp3) is 0.200. The molecular weight excluding hydrogens is 240 g/mol. The Morgan fingerprint density at radius 3 is 2.83 bits per heavy atom. The quantitative estimate of drug-likeness (QED) is 0.756. The first kappa shape index (κ1) is 11.5. The second kappa shape index (κ2) is 4.96. The van der Waals surface area contributed by atoms with Gasteiger partial charge in [-0.1, -0.05) is 24.3 Å². The van der Waals surface area contributed by atoms with E-state index < -0.39 is 0 Å². The van der Waals surface area contributed by atoms with Gasteiger partial charge in [-0.05, 0) is 36.0 Å². The van der Waals surface area contributed by atoms with Gasteiger partial charge in [0.2, 0.25) is 0 Å². The zero-order valence-corrected chi connectivity index (χ0v) is 11.2. The number of rotatable bonds is 4. The monoisotopic (exact) mass is 256 g/mol. The van der Waals surface area contributed by atoms with Crippen molar-refractivity contribution in [3.8, 4) is 0 Å². The minimum atomic E-state index is 0.903. The van der Waals surface area contributed by atoms with Gasteiger partial charge < -0.3 is 9.88 Å². The van der Waals surface area contributed by atoms with E-state index in [-0.39, 0.29) is 0 Å². The maximum Gasteiger partial charge on any atom is 0.0572 e. The topological polar surface area (TPSA) is 17.0 Å². The van der Waals surface area contributed by atoms with Crippen LogP contribution in [0.4, 0.5) is 0 Å². The lowest BCUT2D eigenvalue weighted by Crippen LogP contribution is -2.11. The molecule has 3 aromatic rings. The summed E-state index contributed by atoms with van der Waals surface area (Å²) in [6.07, 6.45) is 0. The lowest BCUT2D eigenvalue weighted by atomic mass is 10.2.